The molecule has 0 heterocycles. The molecule has 4 N–H and O–H groups in total. The fourth-order valence-electron chi connectivity index (χ4n) is 2.46. The van der Waals surface area contributed by atoms with Crippen LogP contribution in [0.15, 0.2) is 52.1 Å². The number of rotatable bonds is 10. The molecule has 0 saturated heterocycles. The van der Waals surface area contributed by atoms with Crippen molar-refractivity contribution in [3.63, 3.8) is 0 Å². The largest absolute Gasteiger partial charge is 0.492 e. The highest BCUT2D eigenvalue weighted by Gasteiger charge is 2.14. The van der Waals surface area contributed by atoms with Crippen molar-refractivity contribution in [2.45, 2.75) is 19.3 Å². The van der Waals surface area contributed by atoms with Crippen LogP contribution in [0.3, 0.4) is 0 Å². The van der Waals surface area contributed by atoms with E-state index in [9.17, 15) is 10.0 Å². The molecule has 2 rings (SSSR count). The summed E-state index contributed by atoms with van der Waals surface area (Å²) in [5, 5.41) is 15.8. The number of carbonyl (C=O) groups excluding carboxylic acids is 1. The number of ether oxygens (including phenoxy) is 1. The maximum absolute atomic E-state index is 12.3. The Balaban J connectivity index is 1.87. The summed E-state index contributed by atoms with van der Waals surface area (Å²) in [6, 6.07) is 12.9. The van der Waals surface area contributed by atoms with E-state index >= 15 is 0 Å². The lowest BCUT2D eigenvalue weighted by atomic mass is 10.1. The Morgan fingerprint density at radius 3 is 2.57 bits per heavy atom. The molecule has 0 aliphatic carbocycles. The van der Waals surface area contributed by atoms with Crippen LogP contribution in [-0.2, 0) is 17.6 Å². The van der Waals surface area contributed by atoms with Gasteiger partial charge in [0.05, 0.1) is 11.1 Å². The minimum Gasteiger partial charge on any atom is -0.492 e. The highest BCUT2D eigenvalue weighted by molar-refractivity contribution is 9.10. The minimum absolute atomic E-state index is 0.0415. The summed E-state index contributed by atoms with van der Waals surface area (Å²) >= 11 is 9.31. The van der Waals surface area contributed by atoms with Crippen molar-refractivity contribution >= 4 is 39.1 Å². The van der Waals surface area contributed by atoms with Crippen LogP contribution >= 0.6 is 27.5 Å². The molecule has 0 aliphatic rings. The zero-order chi connectivity index (χ0) is 20.4. The molecule has 1 amide bonds. The fourth-order valence-corrected chi connectivity index (χ4v) is 3.13. The quantitative estimate of drug-likeness (QED) is 0.215. The summed E-state index contributed by atoms with van der Waals surface area (Å²) in [7, 11) is 0. The molecule has 0 fully saturated rings. The van der Waals surface area contributed by atoms with Crippen LogP contribution in [0, 0.1) is 0 Å². The molecular formula is C20H23BrClN3O3. The SMILES string of the molecule is NCCCOc1ccc(C/C(=N\O)C(=O)NCCc2ccc(Cl)cc2)cc1Br. The molecule has 0 unspecified atom stereocenters. The first kappa shape index (κ1) is 22.2. The van der Waals surface area contributed by atoms with Gasteiger partial charge in [0, 0.05) is 18.0 Å². The molecular weight excluding hydrogens is 446 g/mol. The Hall–Kier alpha value is -2.09. The summed E-state index contributed by atoms with van der Waals surface area (Å²) in [5.74, 6) is 0.294. The Labute approximate surface area is 177 Å². The van der Waals surface area contributed by atoms with Gasteiger partial charge >= 0.3 is 0 Å². The van der Waals surface area contributed by atoms with Crippen LogP contribution in [0.2, 0.25) is 5.02 Å². The van der Waals surface area contributed by atoms with Crippen LogP contribution < -0.4 is 15.8 Å². The molecule has 0 aromatic heterocycles. The van der Waals surface area contributed by atoms with E-state index in [1.165, 1.54) is 0 Å². The topological polar surface area (TPSA) is 96.9 Å². The zero-order valence-electron chi connectivity index (χ0n) is 15.3. The third-order valence-corrected chi connectivity index (χ3v) is 4.84. The van der Waals surface area contributed by atoms with E-state index in [-0.39, 0.29) is 12.1 Å². The standard InChI is InChI=1S/C20H23BrClN3O3/c21-17-12-15(4-7-19(17)28-11-1-9-23)13-18(25-27)20(26)24-10-8-14-2-5-16(22)6-3-14/h2-7,12,27H,1,8-11,13,23H2,(H,24,26)/b25-18+. The van der Waals surface area contributed by atoms with Crippen molar-refractivity contribution in [1.82, 2.24) is 5.32 Å². The number of oxime groups is 1. The molecule has 8 heteroatoms. The lowest BCUT2D eigenvalue weighted by Gasteiger charge is -2.10. The number of carbonyl (C=O) groups is 1. The summed E-state index contributed by atoms with van der Waals surface area (Å²) in [4.78, 5) is 12.3. The van der Waals surface area contributed by atoms with E-state index in [0.717, 1.165) is 22.0 Å². The first-order chi connectivity index (χ1) is 13.5. The molecule has 0 bridgehead atoms. The maximum Gasteiger partial charge on any atom is 0.269 e. The van der Waals surface area contributed by atoms with E-state index in [2.05, 4.69) is 26.4 Å². The number of halogens is 2. The summed E-state index contributed by atoms with van der Waals surface area (Å²) in [5.41, 5.74) is 7.37. The monoisotopic (exact) mass is 467 g/mol. The maximum atomic E-state index is 12.3. The van der Waals surface area contributed by atoms with Crippen LogP contribution in [0.1, 0.15) is 17.5 Å². The van der Waals surface area contributed by atoms with Gasteiger partial charge in [-0.05, 0) is 70.7 Å². The Morgan fingerprint density at radius 2 is 1.93 bits per heavy atom. The Kier molecular flexibility index (Phi) is 9.27. The summed E-state index contributed by atoms with van der Waals surface area (Å²) in [6.45, 7) is 1.53. The van der Waals surface area contributed by atoms with Crippen molar-refractivity contribution in [2.75, 3.05) is 19.7 Å². The molecule has 2 aromatic rings. The second kappa shape index (κ2) is 11.7. The summed E-state index contributed by atoms with van der Waals surface area (Å²) < 4.78 is 6.39. The number of hydrogen-bond donors (Lipinski definition) is 3. The van der Waals surface area contributed by atoms with Crippen LogP contribution in [0.4, 0.5) is 0 Å². The van der Waals surface area contributed by atoms with Crippen molar-refractivity contribution in [2.24, 2.45) is 10.9 Å². The second-order valence-electron chi connectivity index (χ2n) is 6.11. The van der Waals surface area contributed by atoms with Crippen molar-refractivity contribution in [1.29, 1.82) is 0 Å². The fraction of sp³-hybridized carbons (Fsp3) is 0.300. The van der Waals surface area contributed by atoms with Crippen LogP contribution in [0.25, 0.3) is 0 Å². The molecule has 150 valence electrons. The number of nitrogens with zero attached hydrogens (tertiary/aromatic N) is 1. The highest BCUT2D eigenvalue weighted by Crippen LogP contribution is 2.26. The minimum atomic E-state index is -0.407. The normalized spacial score (nSPS) is 11.3. The lowest BCUT2D eigenvalue weighted by molar-refractivity contribution is -0.115. The van der Waals surface area contributed by atoms with Gasteiger partial charge in [-0.1, -0.05) is 35.0 Å². The van der Waals surface area contributed by atoms with Gasteiger partial charge in [-0.2, -0.15) is 0 Å². The van der Waals surface area contributed by atoms with Gasteiger partial charge in [0.1, 0.15) is 11.5 Å². The van der Waals surface area contributed by atoms with Crippen LogP contribution in [-0.4, -0.2) is 36.5 Å². The number of benzene rings is 2. The van der Waals surface area contributed by atoms with Gasteiger partial charge in [-0.25, -0.2) is 0 Å². The molecule has 28 heavy (non-hydrogen) atoms. The predicted octanol–water partition coefficient (Wildman–Crippen LogP) is 3.56. The predicted molar refractivity (Wildman–Crippen MR) is 114 cm³/mol. The summed E-state index contributed by atoms with van der Waals surface area (Å²) in [6.07, 6.45) is 1.62. The zero-order valence-corrected chi connectivity index (χ0v) is 17.7. The number of nitrogens with two attached hydrogens (primary N) is 1. The number of amides is 1. The van der Waals surface area contributed by atoms with Gasteiger partial charge in [0.2, 0.25) is 0 Å². The molecule has 0 atom stereocenters. The van der Waals surface area contributed by atoms with E-state index < -0.39 is 5.91 Å². The van der Waals surface area contributed by atoms with Crippen molar-refractivity contribution in [3.05, 3.63) is 63.1 Å². The van der Waals surface area contributed by atoms with Crippen molar-refractivity contribution < 1.29 is 14.7 Å². The number of hydrogen-bond acceptors (Lipinski definition) is 5. The lowest BCUT2D eigenvalue weighted by Crippen LogP contribution is -2.33. The average Bonchev–Trinajstić information content (AvgIpc) is 2.69. The van der Waals surface area contributed by atoms with E-state index in [4.69, 9.17) is 22.1 Å². The Morgan fingerprint density at radius 1 is 1.21 bits per heavy atom. The Bertz CT molecular complexity index is 813. The molecule has 0 saturated carbocycles. The molecule has 0 radical (unpaired) electrons. The van der Waals surface area contributed by atoms with Gasteiger partial charge in [0.15, 0.2) is 0 Å². The molecule has 0 aliphatic heterocycles. The molecule has 2 aromatic carbocycles. The first-order valence-electron chi connectivity index (χ1n) is 8.88. The van der Waals surface area contributed by atoms with E-state index in [0.29, 0.717) is 36.9 Å². The average molecular weight is 469 g/mol. The first-order valence-corrected chi connectivity index (χ1v) is 10.1. The number of nitrogens with one attached hydrogen (secondary N) is 1. The third-order valence-electron chi connectivity index (χ3n) is 3.97. The highest BCUT2D eigenvalue weighted by atomic mass is 79.9. The van der Waals surface area contributed by atoms with Crippen molar-refractivity contribution in [3.8, 4) is 5.75 Å². The van der Waals surface area contributed by atoms with E-state index in [1.807, 2.05) is 30.3 Å². The molecule has 6 nitrogen and oxygen atoms in total. The van der Waals surface area contributed by atoms with Crippen LogP contribution in [0.5, 0.6) is 5.75 Å². The van der Waals surface area contributed by atoms with Gasteiger partial charge in [-0.3, -0.25) is 4.79 Å². The smallest absolute Gasteiger partial charge is 0.269 e. The third kappa shape index (κ3) is 7.14. The van der Waals surface area contributed by atoms with Gasteiger partial charge < -0.3 is 21.0 Å². The second-order valence-corrected chi connectivity index (χ2v) is 7.40. The van der Waals surface area contributed by atoms with Gasteiger partial charge in [0.25, 0.3) is 5.91 Å². The molecule has 0 spiro atoms. The van der Waals surface area contributed by atoms with Gasteiger partial charge in [-0.15, -0.1) is 0 Å². The van der Waals surface area contributed by atoms with E-state index in [1.54, 1.807) is 12.1 Å².